The van der Waals surface area contributed by atoms with Gasteiger partial charge in [0.1, 0.15) is 0 Å². The predicted molar refractivity (Wildman–Crippen MR) is 96.4 cm³/mol. The summed E-state index contributed by atoms with van der Waals surface area (Å²) in [4.78, 5) is 16.0. The van der Waals surface area contributed by atoms with Crippen LogP contribution in [0.3, 0.4) is 0 Å². The molecule has 8 heteroatoms. The largest absolute Gasteiger partial charge is 0.418 e. The lowest BCUT2D eigenvalue weighted by atomic mass is 9.98. The summed E-state index contributed by atoms with van der Waals surface area (Å²) < 4.78 is 39.7. The van der Waals surface area contributed by atoms with Gasteiger partial charge in [-0.2, -0.15) is 13.2 Å². The molecule has 0 radical (unpaired) electrons. The van der Waals surface area contributed by atoms with Crippen LogP contribution in [0.1, 0.15) is 24.8 Å². The minimum Gasteiger partial charge on any atom is -0.391 e. The number of benzene rings is 1. The molecule has 0 bridgehead atoms. The Labute approximate surface area is 157 Å². The zero-order valence-electron chi connectivity index (χ0n) is 15.4. The van der Waals surface area contributed by atoms with Crippen molar-refractivity contribution >= 4 is 11.6 Å². The maximum Gasteiger partial charge on any atom is 0.418 e. The third-order valence-electron chi connectivity index (χ3n) is 5.70. The van der Waals surface area contributed by atoms with Crippen LogP contribution in [0.15, 0.2) is 24.3 Å². The van der Waals surface area contributed by atoms with E-state index in [4.69, 9.17) is 0 Å². The van der Waals surface area contributed by atoms with Gasteiger partial charge in [0.25, 0.3) is 0 Å². The van der Waals surface area contributed by atoms with Crippen LogP contribution in [0.25, 0.3) is 0 Å². The second-order valence-electron chi connectivity index (χ2n) is 7.43. The Hall–Kier alpha value is -1.80. The average molecular weight is 385 g/mol. The van der Waals surface area contributed by atoms with Crippen LogP contribution in [-0.4, -0.2) is 61.3 Å². The van der Waals surface area contributed by atoms with Crippen LogP contribution in [0.2, 0.25) is 0 Å². The molecule has 1 aromatic carbocycles. The Morgan fingerprint density at radius 2 is 1.93 bits per heavy atom. The molecule has 0 saturated carbocycles. The minimum atomic E-state index is -4.38. The Morgan fingerprint density at radius 3 is 2.52 bits per heavy atom. The molecule has 0 spiro atoms. The predicted octanol–water partition coefficient (Wildman–Crippen LogP) is 2.10. The third-order valence-corrected chi connectivity index (χ3v) is 5.70. The number of carbonyl (C=O) groups excluding carboxylic acids is 1. The van der Waals surface area contributed by atoms with Gasteiger partial charge >= 0.3 is 6.18 Å². The van der Waals surface area contributed by atoms with E-state index in [1.807, 2.05) is 0 Å². The molecular formula is C19H26F3N3O2. The molecule has 5 nitrogen and oxygen atoms in total. The molecule has 2 fully saturated rings. The summed E-state index contributed by atoms with van der Waals surface area (Å²) in [6.07, 6.45) is -3.33. The average Bonchev–Trinajstić information content (AvgIpc) is 3.05. The van der Waals surface area contributed by atoms with Crippen LogP contribution in [0.4, 0.5) is 18.9 Å². The second kappa shape index (κ2) is 8.06. The number of rotatable bonds is 4. The highest BCUT2D eigenvalue weighted by molar-refractivity contribution is 5.76. The molecule has 2 aliphatic rings. The summed E-state index contributed by atoms with van der Waals surface area (Å²) >= 11 is 0. The topological polar surface area (TPSA) is 55.8 Å². The molecule has 3 rings (SSSR count). The summed E-state index contributed by atoms with van der Waals surface area (Å²) in [5, 5.41) is 12.9. The van der Waals surface area contributed by atoms with E-state index in [2.05, 4.69) is 5.32 Å². The van der Waals surface area contributed by atoms with E-state index in [0.29, 0.717) is 45.4 Å². The summed E-state index contributed by atoms with van der Waals surface area (Å²) in [5.74, 6) is -0.0874. The first-order chi connectivity index (χ1) is 12.8. The van der Waals surface area contributed by atoms with Gasteiger partial charge in [-0.3, -0.25) is 4.79 Å². The van der Waals surface area contributed by atoms with Crippen LogP contribution >= 0.6 is 0 Å². The van der Waals surface area contributed by atoms with Crippen molar-refractivity contribution in [2.24, 2.45) is 5.92 Å². The van der Waals surface area contributed by atoms with E-state index in [1.165, 1.54) is 12.1 Å². The van der Waals surface area contributed by atoms with Crippen LogP contribution < -0.4 is 10.2 Å². The fraction of sp³-hybridized carbons (Fsp3) is 0.632. The van der Waals surface area contributed by atoms with Crippen molar-refractivity contribution in [3.05, 3.63) is 29.8 Å². The maximum absolute atomic E-state index is 13.2. The molecule has 2 saturated heterocycles. The Balaban J connectivity index is 1.58. The van der Waals surface area contributed by atoms with Crippen LogP contribution in [0, 0.1) is 5.92 Å². The number of halogens is 3. The summed E-state index contributed by atoms with van der Waals surface area (Å²) in [7, 11) is 1.75. The van der Waals surface area contributed by atoms with E-state index in [0.717, 1.165) is 6.07 Å². The van der Waals surface area contributed by atoms with Gasteiger partial charge in [-0.05, 0) is 25.0 Å². The first kappa shape index (κ1) is 19.9. The molecule has 1 amide bonds. The number of anilines is 1. The molecular weight excluding hydrogens is 359 g/mol. The summed E-state index contributed by atoms with van der Waals surface area (Å²) in [5.41, 5.74) is -0.409. The lowest BCUT2D eigenvalue weighted by Gasteiger charge is -2.39. The quantitative estimate of drug-likeness (QED) is 0.834. The normalized spacial score (nSPS) is 24.3. The number of nitrogens with zero attached hydrogens (tertiary/aromatic N) is 2. The number of aliphatic hydroxyl groups excluding tert-OH is 1. The molecule has 2 aliphatic heterocycles. The molecule has 27 heavy (non-hydrogen) atoms. The number of aliphatic hydroxyl groups is 1. The highest BCUT2D eigenvalue weighted by Gasteiger charge is 2.36. The van der Waals surface area contributed by atoms with Crippen molar-refractivity contribution in [1.29, 1.82) is 0 Å². The summed E-state index contributed by atoms with van der Waals surface area (Å²) in [6, 6.07) is 5.65. The number of β-amino-alcohol motifs (C(OH)–C–C–N with tert-alkyl or cyclic N) is 1. The summed E-state index contributed by atoms with van der Waals surface area (Å²) in [6.45, 7) is 2.10. The molecule has 2 N–H and O–H groups in total. The highest BCUT2D eigenvalue weighted by atomic mass is 19.4. The SMILES string of the molecule is CN(C(=O)C[C@@H]1CNC[C@H]1O)C1CCN(c2ccccc2C(F)(F)F)CC1. The lowest BCUT2D eigenvalue weighted by Crippen LogP contribution is -2.46. The molecule has 2 heterocycles. The van der Waals surface area contributed by atoms with Gasteiger partial charge in [-0.1, -0.05) is 12.1 Å². The zero-order valence-corrected chi connectivity index (χ0v) is 15.4. The van der Waals surface area contributed by atoms with E-state index >= 15 is 0 Å². The third kappa shape index (κ3) is 4.55. The molecule has 1 aromatic rings. The molecule has 0 unspecified atom stereocenters. The van der Waals surface area contributed by atoms with E-state index in [-0.39, 0.29) is 23.6 Å². The van der Waals surface area contributed by atoms with E-state index in [1.54, 1.807) is 22.9 Å². The number of para-hydroxylation sites is 1. The number of hydrogen-bond donors (Lipinski definition) is 2. The standard InChI is InChI=1S/C19H26F3N3O2/c1-24(18(27)10-13-11-23-12-17(13)26)14-6-8-25(9-7-14)16-5-3-2-4-15(16)19(20,21)22/h2-5,13-14,17,23,26H,6-12H2,1H3/t13-,17-/m1/s1. The van der Waals surface area contributed by atoms with Crippen molar-refractivity contribution in [3.63, 3.8) is 0 Å². The van der Waals surface area contributed by atoms with Gasteiger partial charge in [-0.15, -0.1) is 0 Å². The van der Waals surface area contributed by atoms with Gasteiger partial charge in [-0.25, -0.2) is 0 Å². The number of nitrogens with one attached hydrogen (secondary N) is 1. The fourth-order valence-corrected chi connectivity index (χ4v) is 3.98. The Kier molecular flexibility index (Phi) is 5.95. The van der Waals surface area contributed by atoms with Gasteiger partial charge in [0, 0.05) is 57.3 Å². The maximum atomic E-state index is 13.2. The van der Waals surface area contributed by atoms with Crippen LogP contribution in [0.5, 0.6) is 0 Å². The molecule has 0 aromatic heterocycles. The first-order valence-corrected chi connectivity index (χ1v) is 9.33. The number of carbonyl (C=O) groups is 1. The van der Waals surface area contributed by atoms with Crippen molar-refractivity contribution < 1.29 is 23.1 Å². The number of alkyl halides is 3. The number of hydrogen-bond acceptors (Lipinski definition) is 4. The first-order valence-electron chi connectivity index (χ1n) is 9.33. The zero-order chi connectivity index (χ0) is 19.6. The Morgan fingerprint density at radius 1 is 1.26 bits per heavy atom. The minimum absolute atomic E-state index is 0.0123. The second-order valence-corrected chi connectivity index (χ2v) is 7.43. The van der Waals surface area contributed by atoms with Gasteiger partial charge < -0.3 is 20.2 Å². The van der Waals surface area contributed by atoms with Gasteiger partial charge in [0.2, 0.25) is 5.91 Å². The fourth-order valence-electron chi connectivity index (χ4n) is 3.98. The molecule has 150 valence electrons. The lowest BCUT2D eigenvalue weighted by molar-refractivity contribution is -0.137. The van der Waals surface area contributed by atoms with Crippen molar-refractivity contribution in [2.75, 3.05) is 38.1 Å². The van der Waals surface area contributed by atoms with Gasteiger partial charge in [0.05, 0.1) is 11.7 Å². The number of amides is 1. The van der Waals surface area contributed by atoms with Crippen molar-refractivity contribution in [2.45, 2.75) is 37.6 Å². The molecule has 2 atom stereocenters. The highest BCUT2D eigenvalue weighted by Crippen LogP contribution is 2.37. The molecule has 0 aliphatic carbocycles. The Bertz CT molecular complexity index is 660. The van der Waals surface area contributed by atoms with Crippen LogP contribution in [-0.2, 0) is 11.0 Å². The smallest absolute Gasteiger partial charge is 0.391 e. The van der Waals surface area contributed by atoms with Crippen molar-refractivity contribution in [1.82, 2.24) is 10.2 Å². The van der Waals surface area contributed by atoms with Gasteiger partial charge in [0.15, 0.2) is 0 Å². The van der Waals surface area contributed by atoms with Crippen molar-refractivity contribution in [3.8, 4) is 0 Å². The number of piperidine rings is 1. The van der Waals surface area contributed by atoms with E-state index in [9.17, 15) is 23.1 Å². The monoisotopic (exact) mass is 385 g/mol. The van der Waals surface area contributed by atoms with E-state index < -0.39 is 17.8 Å².